The lowest BCUT2D eigenvalue weighted by atomic mass is 9.44. The Morgan fingerprint density at radius 2 is 1.73 bits per heavy atom. The third kappa shape index (κ3) is 4.19. The van der Waals surface area contributed by atoms with Gasteiger partial charge in [-0.1, -0.05) is 13.8 Å². The number of fused-ring (bicyclic) bond motifs is 5. The lowest BCUT2D eigenvalue weighted by Gasteiger charge is -2.59. The molecule has 0 spiro atoms. The van der Waals surface area contributed by atoms with E-state index in [4.69, 9.17) is 9.47 Å². The van der Waals surface area contributed by atoms with Crippen molar-refractivity contribution in [3.8, 4) is 0 Å². The van der Waals surface area contributed by atoms with E-state index in [0.29, 0.717) is 31.5 Å². The summed E-state index contributed by atoms with van der Waals surface area (Å²) in [7, 11) is 0. The molecule has 37 heavy (non-hydrogen) atoms. The molecule has 0 aromatic heterocycles. The number of hydrogen-bond acceptors (Lipinski definition) is 9. The zero-order chi connectivity index (χ0) is 26.9. The number of hydrogen-bond donors (Lipinski definition) is 4. The summed E-state index contributed by atoms with van der Waals surface area (Å²) in [4.78, 5) is 50.5. The minimum absolute atomic E-state index is 0.0748. The van der Waals surface area contributed by atoms with Crippen LogP contribution in [0.4, 0.5) is 0 Å². The first-order chi connectivity index (χ1) is 17.4. The Hall–Kier alpha value is -1.72. The minimum Gasteiger partial charge on any atom is -0.479 e. The summed E-state index contributed by atoms with van der Waals surface area (Å²) in [5.41, 5.74) is -0.682. The first-order valence-corrected chi connectivity index (χ1v) is 13.5. The van der Waals surface area contributed by atoms with Gasteiger partial charge in [0.15, 0.2) is 18.2 Å². The van der Waals surface area contributed by atoms with E-state index in [1.165, 1.54) is 0 Å². The summed E-state index contributed by atoms with van der Waals surface area (Å²) < 4.78 is 10.6. The van der Waals surface area contributed by atoms with E-state index in [1.807, 2.05) is 6.92 Å². The Labute approximate surface area is 215 Å². The van der Waals surface area contributed by atoms with Crippen LogP contribution < -0.4 is 0 Å². The molecule has 1 aliphatic heterocycles. The number of aliphatic carboxylic acids is 1. The molecule has 0 aromatic carbocycles. The third-order valence-electron chi connectivity index (χ3n) is 10.8. The van der Waals surface area contributed by atoms with Gasteiger partial charge >= 0.3 is 5.97 Å². The van der Waals surface area contributed by atoms with Crippen molar-refractivity contribution in [1.29, 1.82) is 0 Å². The van der Waals surface area contributed by atoms with Crippen molar-refractivity contribution >= 4 is 23.3 Å². The molecule has 1 saturated heterocycles. The predicted octanol–water partition coefficient (Wildman–Crippen LogP) is 0.871. The van der Waals surface area contributed by atoms with Crippen LogP contribution in [0.25, 0.3) is 0 Å². The minimum atomic E-state index is -1.84. The van der Waals surface area contributed by atoms with E-state index < -0.39 is 54.6 Å². The van der Waals surface area contributed by atoms with Crippen LogP contribution >= 0.6 is 0 Å². The highest BCUT2D eigenvalue weighted by molar-refractivity contribution is 5.89. The zero-order valence-corrected chi connectivity index (χ0v) is 21.4. The van der Waals surface area contributed by atoms with E-state index >= 15 is 0 Å². The average Bonchev–Trinajstić information content (AvgIpc) is 3.18. The van der Waals surface area contributed by atoms with Gasteiger partial charge in [0.05, 0.1) is 0 Å². The summed E-state index contributed by atoms with van der Waals surface area (Å²) in [6.45, 7) is 3.75. The first kappa shape index (κ1) is 26.9. The number of carboxylic acid groups (broad SMARTS) is 1. The van der Waals surface area contributed by atoms with E-state index in [2.05, 4.69) is 6.92 Å². The Balaban J connectivity index is 1.28. The second kappa shape index (κ2) is 9.48. The largest absolute Gasteiger partial charge is 0.479 e. The predicted molar refractivity (Wildman–Crippen MR) is 126 cm³/mol. The van der Waals surface area contributed by atoms with E-state index in [0.717, 1.165) is 25.7 Å². The van der Waals surface area contributed by atoms with Crippen LogP contribution in [-0.4, -0.2) is 81.1 Å². The number of ketones is 3. The molecular weight excluding hydrogens is 484 g/mol. The molecule has 10 nitrogen and oxygen atoms in total. The van der Waals surface area contributed by atoms with Gasteiger partial charge in [0.2, 0.25) is 0 Å². The Morgan fingerprint density at radius 3 is 2.43 bits per heavy atom. The van der Waals surface area contributed by atoms with Crippen molar-refractivity contribution in [3.63, 3.8) is 0 Å². The normalized spacial score (nSPS) is 49.6. The van der Waals surface area contributed by atoms with Crippen molar-refractivity contribution in [2.45, 2.75) is 95.9 Å². The molecule has 5 aliphatic rings. The fourth-order valence-electron chi connectivity index (χ4n) is 8.84. The first-order valence-electron chi connectivity index (χ1n) is 13.5. The van der Waals surface area contributed by atoms with Crippen LogP contribution in [0, 0.1) is 40.4 Å². The lowest BCUT2D eigenvalue weighted by Crippen LogP contribution is -2.60. The maximum Gasteiger partial charge on any atom is 0.335 e. The van der Waals surface area contributed by atoms with Gasteiger partial charge in [-0.25, -0.2) is 4.79 Å². The highest BCUT2D eigenvalue weighted by Crippen LogP contribution is 2.66. The monoisotopic (exact) mass is 522 g/mol. The van der Waals surface area contributed by atoms with E-state index in [9.17, 15) is 39.6 Å². The maximum atomic E-state index is 13.7. The van der Waals surface area contributed by atoms with Crippen molar-refractivity contribution in [2.24, 2.45) is 40.4 Å². The molecule has 10 heteroatoms. The number of carboxylic acids is 1. The molecule has 12 atom stereocenters. The van der Waals surface area contributed by atoms with Gasteiger partial charge < -0.3 is 29.9 Å². The molecule has 4 saturated carbocycles. The van der Waals surface area contributed by atoms with Gasteiger partial charge in [-0.2, -0.15) is 0 Å². The molecule has 4 unspecified atom stereocenters. The van der Waals surface area contributed by atoms with Gasteiger partial charge in [0, 0.05) is 31.1 Å². The second-order valence-corrected chi connectivity index (χ2v) is 12.6. The molecule has 4 aliphatic carbocycles. The number of aliphatic hydroxyl groups is 3. The highest BCUT2D eigenvalue weighted by atomic mass is 16.7. The SMILES string of the molecule is C[C@]12CC(=O)C3C(CC[C@@H]4CC(=O)CC[C@]34C)C1CC[C@@H]2C(=O)COC1O[C@H](C(=O)O)[C@@H](O)[C@H](O)[C@H]1O. The lowest BCUT2D eigenvalue weighted by molar-refractivity contribution is -0.292. The summed E-state index contributed by atoms with van der Waals surface area (Å²) >= 11 is 0. The fraction of sp³-hybridized carbons (Fsp3) is 0.852. The van der Waals surface area contributed by atoms with Crippen LogP contribution in [0.15, 0.2) is 0 Å². The van der Waals surface area contributed by atoms with Crippen molar-refractivity contribution in [2.75, 3.05) is 6.61 Å². The number of aliphatic hydroxyl groups excluding tert-OH is 3. The van der Waals surface area contributed by atoms with E-state index in [-0.39, 0.29) is 40.7 Å². The standard InChI is InChI=1S/C27H38O10/c1-26-8-7-13(28)9-12(26)3-4-14-15-5-6-16(27(15,2)10-17(29)19(14)26)18(30)11-36-25-22(33)20(31)21(32)23(37-25)24(34)35/h12,14-16,19-23,25,31-33H,3-11H2,1-2H3,(H,34,35)/t12-,14?,15?,16-,19?,20+,21+,22-,23+,25?,26+,27+/m1/s1. The van der Waals surface area contributed by atoms with Gasteiger partial charge in [-0.15, -0.1) is 0 Å². The summed E-state index contributed by atoms with van der Waals surface area (Å²) in [6.07, 6.45) is -3.32. The van der Waals surface area contributed by atoms with Crippen LogP contribution in [0.3, 0.4) is 0 Å². The van der Waals surface area contributed by atoms with Gasteiger partial charge in [-0.3, -0.25) is 14.4 Å². The molecule has 5 rings (SSSR count). The van der Waals surface area contributed by atoms with Gasteiger partial charge in [0.25, 0.3) is 0 Å². The van der Waals surface area contributed by atoms with Crippen molar-refractivity contribution in [3.05, 3.63) is 0 Å². The molecule has 0 radical (unpaired) electrons. The van der Waals surface area contributed by atoms with Crippen LogP contribution in [0.2, 0.25) is 0 Å². The summed E-state index contributed by atoms with van der Waals surface area (Å²) in [5.74, 6) is -1.13. The van der Waals surface area contributed by atoms with Crippen molar-refractivity contribution in [1.82, 2.24) is 0 Å². The van der Waals surface area contributed by atoms with Crippen LogP contribution in [-0.2, 0) is 28.7 Å². The Morgan fingerprint density at radius 1 is 1.00 bits per heavy atom. The Kier molecular flexibility index (Phi) is 6.89. The second-order valence-electron chi connectivity index (χ2n) is 12.6. The average molecular weight is 523 g/mol. The molecule has 206 valence electrons. The molecule has 5 fully saturated rings. The van der Waals surface area contributed by atoms with E-state index in [1.54, 1.807) is 0 Å². The number of rotatable bonds is 5. The zero-order valence-electron chi connectivity index (χ0n) is 21.4. The smallest absolute Gasteiger partial charge is 0.335 e. The van der Waals surface area contributed by atoms with Gasteiger partial charge in [-0.05, 0) is 60.7 Å². The molecule has 0 amide bonds. The van der Waals surface area contributed by atoms with Crippen LogP contribution in [0.5, 0.6) is 0 Å². The molecule has 0 aromatic rings. The third-order valence-corrected chi connectivity index (χ3v) is 10.8. The quantitative estimate of drug-likeness (QED) is 0.407. The summed E-state index contributed by atoms with van der Waals surface area (Å²) in [6, 6.07) is 0. The number of carbonyl (C=O) groups excluding carboxylic acids is 3. The highest BCUT2D eigenvalue weighted by Gasteiger charge is 2.64. The van der Waals surface area contributed by atoms with Crippen molar-refractivity contribution < 1.29 is 49.1 Å². The number of Topliss-reactive ketones (excluding diaryl/α,β-unsaturated/α-hetero) is 3. The van der Waals surface area contributed by atoms with Crippen LogP contribution in [0.1, 0.15) is 65.2 Å². The summed E-state index contributed by atoms with van der Waals surface area (Å²) in [5, 5.41) is 39.3. The van der Waals surface area contributed by atoms with Gasteiger partial charge in [0.1, 0.15) is 36.5 Å². The maximum absolute atomic E-state index is 13.7. The molecule has 4 N–H and O–H groups in total. The fourth-order valence-corrected chi connectivity index (χ4v) is 8.84. The number of carbonyl (C=O) groups is 4. The molecule has 1 heterocycles. The Bertz CT molecular complexity index is 980. The molecule has 0 bridgehead atoms. The topological polar surface area (TPSA) is 168 Å². The molecular formula is C27H38O10. The number of ether oxygens (including phenoxy) is 2.